The molecule has 6 heteroatoms. The zero-order valence-corrected chi connectivity index (χ0v) is 12.2. The second-order valence-corrected chi connectivity index (χ2v) is 4.51. The molecule has 2 aromatic heterocycles. The molecule has 0 fully saturated rings. The summed E-state index contributed by atoms with van der Waals surface area (Å²) in [5.41, 5.74) is 1.92. The summed E-state index contributed by atoms with van der Waals surface area (Å²) >= 11 is 0. The van der Waals surface area contributed by atoms with Crippen molar-refractivity contribution in [2.24, 2.45) is 0 Å². The molecule has 0 aliphatic rings. The highest BCUT2D eigenvalue weighted by atomic mass is 16.5. The van der Waals surface area contributed by atoms with Crippen molar-refractivity contribution < 1.29 is 14.3 Å². The average Bonchev–Trinajstić information content (AvgIpc) is 2.75. The third-order valence-corrected chi connectivity index (χ3v) is 3.05. The van der Waals surface area contributed by atoms with Crippen LogP contribution in [0.15, 0.2) is 24.4 Å². The minimum atomic E-state index is -0.430. The van der Waals surface area contributed by atoms with Crippen LogP contribution >= 0.6 is 0 Å². The van der Waals surface area contributed by atoms with E-state index < -0.39 is 5.97 Å². The number of aryl methyl sites for hydroxylation is 1. The lowest BCUT2D eigenvalue weighted by Crippen LogP contribution is -2.15. The topological polar surface area (TPSA) is 84.1 Å². The van der Waals surface area contributed by atoms with Crippen molar-refractivity contribution in [1.82, 2.24) is 9.97 Å². The molecule has 1 amide bonds. The summed E-state index contributed by atoms with van der Waals surface area (Å²) in [4.78, 5) is 31.1. The molecule has 110 valence electrons. The number of H-pyrrole nitrogens is 1. The highest BCUT2D eigenvalue weighted by Crippen LogP contribution is 2.20. The first kappa shape index (κ1) is 14.8. The maximum Gasteiger partial charge on any atom is 0.340 e. The van der Waals surface area contributed by atoms with E-state index in [2.05, 4.69) is 15.3 Å². The Balaban J connectivity index is 2.27. The van der Waals surface area contributed by atoms with Crippen molar-refractivity contribution in [2.75, 3.05) is 11.9 Å². The van der Waals surface area contributed by atoms with E-state index in [1.54, 1.807) is 45.2 Å². The molecule has 0 aliphatic carbocycles. The third kappa shape index (κ3) is 3.10. The van der Waals surface area contributed by atoms with E-state index in [-0.39, 0.29) is 5.91 Å². The predicted molar refractivity (Wildman–Crippen MR) is 78.4 cm³/mol. The molecule has 0 radical (unpaired) electrons. The first-order chi connectivity index (χ1) is 10.0. The van der Waals surface area contributed by atoms with Gasteiger partial charge in [-0.05, 0) is 38.5 Å². The maximum absolute atomic E-state index is 12.2. The van der Waals surface area contributed by atoms with Crippen LogP contribution in [0, 0.1) is 13.8 Å². The molecule has 21 heavy (non-hydrogen) atoms. The lowest BCUT2D eigenvalue weighted by atomic mass is 10.1. The van der Waals surface area contributed by atoms with Crippen LogP contribution in [0.25, 0.3) is 0 Å². The Kier molecular flexibility index (Phi) is 4.37. The van der Waals surface area contributed by atoms with Crippen molar-refractivity contribution >= 4 is 17.7 Å². The number of aromatic amines is 1. The fraction of sp³-hybridized carbons (Fsp3) is 0.267. The minimum Gasteiger partial charge on any atom is -0.462 e. The summed E-state index contributed by atoms with van der Waals surface area (Å²) in [5, 5.41) is 2.68. The van der Waals surface area contributed by atoms with Gasteiger partial charge in [0.05, 0.1) is 12.2 Å². The molecule has 0 saturated carbocycles. The fourth-order valence-electron chi connectivity index (χ4n) is 2.10. The van der Waals surface area contributed by atoms with E-state index >= 15 is 0 Å². The van der Waals surface area contributed by atoms with Crippen LogP contribution < -0.4 is 5.32 Å². The van der Waals surface area contributed by atoms with Crippen molar-refractivity contribution in [1.29, 1.82) is 0 Å². The van der Waals surface area contributed by atoms with Crippen LogP contribution in [-0.4, -0.2) is 28.5 Å². The quantitative estimate of drug-likeness (QED) is 0.846. The van der Waals surface area contributed by atoms with Gasteiger partial charge in [0.15, 0.2) is 0 Å². The monoisotopic (exact) mass is 287 g/mol. The molecule has 2 heterocycles. The Morgan fingerprint density at radius 3 is 2.71 bits per heavy atom. The average molecular weight is 287 g/mol. The summed E-state index contributed by atoms with van der Waals surface area (Å²) in [7, 11) is 0. The maximum atomic E-state index is 12.2. The number of carbonyl (C=O) groups excluding carboxylic acids is 2. The van der Waals surface area contributed by atoms with Gasteiger partial charge < -0.3 is 15.0 Å². The number of esters is 1. The van der Waals surface area contributed by atoms with Gasteiger partial charge >= 0.3 is 5.97 Å². The van der Waals surface area contributed by atoms with E-state index in [1.165, 1.54) is 0 Å². The molecular formula is C15H17N3O3. The fourth-order valence-corrected chi connectivity index (χ4v) is 2.10. The van der Waals surface area contributed by atoms with Crippen LogP contribution in [0.2, 0.25) is 0 Å². The zero-order chi connectivity index (χ0) is 15.4. The van der Waals surface area contributed by atoms with Crippen LogP contribution in [0.5, 0.6) is 0 Å². The minimum absolute atomic E-state index is 0.290. The smallest absolute Gasteiger partial charge is 0.340 e. The van der Waals surface area contributed by atoms with Gasteiger partial charge in [-0.1, -0.05) is 6.07 Å². The van der Waals surface area contributed by atoms with Gasteiger partial charge in [-0.2, -0.15) is 0 Å². The Hall–Kier alpha value is -2.63. The second-order valence-electron chi connectivity index (χ2n) is 4.51. The van der Waals surface area contributed by atoms with Gasteiger partial charge in [0.1, 0.15) is 11.5 Å². The largest absolute Gasteiger partial charge is 0.462 e. The standard InChI is InChI=1S/C15H17N3O3/c1-4-21-15(20)12-9(2)13(17-10(12)3)14(19)18-11-7-5-6-8-16-11/h5-8,17H,4H2,1-3H3,(H,16,18,19). The van der Waals surface area contributed by atoms with Gasteiger partial charge in [0, 0.05) is 11.9 Å². The van der Waals surface area contributed by atoms with E-state index in [1.807, 2.05) is 0 Å². The number of hydrogen-bond acceptors (Lipinski definition) is 4. The van der Waals surface area contributed by atoms with Crippen LogP contribution in [0.3, 0.4) is 0 Å². The lowest BCUT2D eigenvalue weighted by molar-refractivity contribution is 0.0525. The first-order valence-electron chi connectivity index (χ1n) is 6.63. The Morgan fingerprint density at radius 1 is 1.33 bits per heavy atom. The number of anilines is 1. The van der Waals surface area contributed by atoms with Gasteiger partial charge in [-0.3, -0.25) is 4.79 Å². The van der Waals surface area contributed by atoms with Crippen LogP contribution in [0.1, 0.15) is 39.0 Å². The summed E-state index contributed by atoms with van der Waals surface area (Å²) in [6.07, 6.45) is 1.59. The Morgan fingerprint density at radius 2 is 2.10 bits per heavy atom. The summed E-state index contributed by atoms with van der Waals surface area (Å²) < 4.78 is 5.00. The molecule has 6 nitrogen and oxygen atoms in total. The number of aromatic nitrogens is 2. The van der Waals surface area contributed by atoms with E-state index in [4.69, 9.17) is 4.74 Å². The van der Waals surface area contributed by atoms with Crippen LogP contribution in [-0.2, 0) is 4.74 Å². The summed E-state index contributed by atoms with van der Waals surface area (Å²) in [6.45, 7) is 5.47. The predicted octanol–water partition coefficient (Wildman–Crippen LogP) is 2.46. The molecular weight excluding hydrogens is 270 g/mol. The molecule has 0 aliphatic heterocycles. The van der Waals surface area contributed by atoms with Crippen LogP contribution in [0.4, 0.5) is 5.82 Å². The number of hydrogen-bond donors (Lipinski definition) is 2. The highest BCUT2D eigenvalue weighted by molar-refractivity contribution is 6.06. The molecule has 0 aromatic carbocycles. The molecule has 0 saturated heterocycles. The highest BCUT2D eigenvalue weighted by Gasteiger charge is 2.22. The molecule has 0 spiro atoms. The SMILES string of the molecule is CCOC(=O)c1c(C)[nH]c(C(=O)Nc2ccccn2)c1C. The van der Waals surface area contributed by atoms with Gasteiger partial charge in [0.2, 0.25) is 0 Å². The molecule has 0 unspecified atom stereocenters. The molecule has 2 rings (SSSR count). The van der Waals surface area contributed by atoms with Crippen molar-refractivity contribution in [3.8, 4) is 0 Å². The molecule has 2 N–H and O–H groups in total. The zero-order valence-electron chi connectivity index (χ0n) is 12.2. The first-order valence-corrected chi connectivity index (χ1v) is 6.63. The Bertz CT molecular complexity index is 662. The van der Waals surface area contributed by atoms with Gasteiger partial charge in [0.25, 0.3) is 5.91 Å². The van der Waals surface area contributed by atoms with Crippen molar-refractivity contribution in [3.63, 3.8) is 0 Å². The second kappa shape index (κ2) is 6.21. The van der Waals surface area contributed by atoms with Gasteiger partial charge in [-0.15, -0.1) is 0 Å². The van der Waals surface area contributed by atoms with Crippen molar-refractivity contribution in [3.05, 3.63) is 46.9 Å². The van der Waals surface area contributed by atoms with E-state index in [0.717, 1.165) is 0 Å². The third-order valence-electron chi connectivity index (χ3n) is 3.05. The lowest BCUT2D eigenvalue weighted by Gasteiger charge is -2.04. The molecule has 2 aromatic rings. The summed E-state index contributed by atoms with van der Waals surface area (Å²) in [6, 6.07) is 5.23. The molecule has 0 atom stereocenters. The van der Waals surface area contributed by atoms with Crippen molar-refractivity contribution in [2.45, 2.75) is 20.8 Å². The number of nitrogens with one attached hydrogen (secondary N) is 2. The normalized spacial score (nSPS) is 10.2. The summed E-state index contributed by atoms with van der Waals surface area (Å²) in [5.74, 6) is -0.322. The number of carbonyl (C=O) groups is 2. The Labute approximate surface area is 122 Å². The number of rotatable bonds is 4. The van der Waals surface area contributed by atoms with E-state index in [9.17, 15) is 9.59 Å². The molecule has 0 bridgehead atoms. The number of nitrogens with zero attached hydrogens (tertiary/aromatic N) is 1. The van der Waals surface area contributed by atoms with Gasteiger partial charge in [-0.25, -0.2) is 9.78 Å². The number of ether oxygens (including phenoxy) is 1. The van der Waals surface area contributed by atoms with E-state index in [0.29, 0.717) is 34.9 Å². The number of amides is 1. The number of pyridine rings is 1.